The molecular formula is C14H21N3O3S. The Kier molecular flexibility index (Phi) is 5.55. The second-order valence-corrected chi connectivity index (χ2v) is 6.36. The molecular weight excluding hydrogens is 290 g/mol. The topological polar surface area (TPSA) is 82.5 Å². The van der Waals surface area contributed by atoms with Gasteiger partial charge in [-0.1, -0.05) is 0 Å². The van der Waals surface area contributed by atoms with Gasteiger partial charge in [0.25, 0.3) is 0 Å². The molecule has 1 atom stereocenters. The van der Waals surface area contributed by atoms with E-state index in [9.17, 15) is 9.59 Å². The third-order valence-corrected chi connectivity index (χ3v) is 4.58. The van der Waals surface area contributed by atoms with Crippen molar-refractivity contribution in [3.8, 4) is 0 Å². The maximum atomic E-state index is 12.1. The normalized spacial score (nSPS) is 18.5. The Balaban J connectivity index is 1.73. The first-order valence-corrected chi connectivity index (χ1v) is 8.08. The highest BCUT2D eigenvalue weighted by atomic mass is 32.1. The number of hydrogen-bond donors (Lipinski definition) is 2. The lowest BCUT2D eigenvalue weighted by Crippen LogP contribution is -2.46. The Labute approximate surface area is 128 Å². The Morgan fingerprint density at radius 3 is 3.05 bits per heavy atom. The number of piperidine rings is 1. The average Bonchev–Trinajstić information content (AvgIpc) is 2.84. The van der Waals surface area contributed by atoms with Crippen LogP contribution in [0.3, 0.4) is 0 Å². The van der Waals surface area contributed by atoms with E-state index < -0.39 is 5.97 Å². The molecule has 1 saturated heterocycles. The highest BCUT2D eigenvalue weighted by Gasteiger charge is 2.24. The van der Waals surface area contributed by atoms with Gasteiger partial charge in [-0.2, -0.15) is 0 Å². The smallest absolute Gasteiger partial charge is 0.317 e. The number of aryl methyl sites for hydroxylation is 1. The minimum atomic E-state index is -0.790. The summed E-state index contributed by atoms with van der Waals surface area (Å²) in [4.78, 5) is 28.9. The van der Waals surface area contributed by atoms with E-state index in [1.54, 1.807) is 16.2 Å². The molecule has 6 nitrogen and oxygen atoms in total. The van der Waals surface area contributed by atoms with E-state index in [0.29, 0.717) is 19.6 Å². The largest absolute Gasteiger partial charge is 0.481 e. The fourth-order valence-corrected chi connectivity index (χ4v) is 3.34. The lowest BCUT2D eigenvalue weighted by atomic mass is 9.95. The molecule has 1 aliphatic rings. The van der Waals surface area contributed by atoms with Crippen LogP contribution in [0.4, 0.5) is 4.79 Å². The summed E-state index contributed by atoms with van der Waals surface area (Å²) in [6, 6.07) is -0.0987. The van der Waals surface area contributed by atoms with E-state index in [1.807, 2.05) is 12.3 Å². The first-order valence-electron chi connectivity index (χ1n) is 7.20. The van der Waals surface area contributed by atoms with Gasteiger partial charge in [0.05, 0.1) is 5.01 Å². The molecule has 1 unspecified atom stereocenters. The summed E-state index contributed by atoms with van der Waals surface area (Å²) in [5, 5.41) is 14.7. The highest BCUT2D eigenvalue weighted by molar-refractivity contribution is 7.09. The quantitative estimate of drug-likeness (QED) is 0.870. The van der Waals surface area contributed by atoms with E-state index >= 15 is 0 Å². The van der Waals surface area contributed by atoms with Crippen LogP contribution in [-0.2, 0) is 11.2 Å². The number of rotatable bonds is 5. The monoisotopic (exact) mass is 311 g/mol. The summed E-state index contributed by atoms with van der Waals surface area (Å²) in [6.45, 7) is 3.76. The zero-order valence-electron chi connectivity index (χ0n) is 12.2. The molecule has 2 N–H and O–H groups in total. The maximum Gasteiger partial charge on any atom is 0.317 e. The van der Waals surface area contributed by atoms with Gasteiger partial charge in [0, 0.05) is 43.5 Å². The van der Waals surface area contributed by atoms with Gasteiger partial charge >= 0.3 is 12.0 Å². The number of amides is 2. The van der Waals surface area contributed by atoms with E-state index in [-0.39, 0.29) is 18.4 Å². The van der Waals surface area contributed by atoms with Gasteiger partial charge in [-0.05, 0) is 25.7 Å². The van der Waals surface area contributed by atoms with Crippen molar-refractivity contribution in [2.24, 2.45) is 5.92 Å². The number of nitrogens with one attached hydrogen (secondary N) is 1. The van der Waals surface area contributed by atoms with Crippen molar-refractivity contribution >= 4 is 23.3 Å². The molecule has 2 rings (SSSR count). The number of likely N-dealkylation sites (tertiary alicyclic amines) is 1. The number of carboxylic acids is 1. The Morgan fingerprint density at radius 2 is 2.38 bits per heavy atom. The van der Waals surface area contributed by atoms with Crippen LogP contribution >= 0.6 is 11.3 Å². The van der Waals surface area contributed by atoms with Gasteiger partial charge in [0.1, 0.15) is 0 Å². The lowest BCUT2D eigenvalue weighted by molar-refractivity contribution is -0.138. The molecule has 21 heavy (non-hydrogen) atoms. The summed E-state index contributed by atoms with van der Waals surface area (Å²) < 4.78 is 0. The predicted octanol–water partition coefficient (Wildman–Crippen LogP) is 1.89. The van der Waals surface area contributed by atoms with Gasteiger partial charge in [0.15, 0.2) is 0 Å². The number of hydrogen-bond acceptors (Lipinski definition) is 4. The van der Waals surface area contributed by atoms with Crippen LogP contribution in [0.25, 0.3) is 0 Å². The van der Waals surface area contributed by atoms with Gasteiger partial charge < -0.3 is 15.3 Å². The number of carbonyl (C=O) groups excluding carboxylic acids is 1. The van der Waals surface area contributed by atoms with Crippen LogP contribution < -0.4 is 5.32 Å². The SMILES string of the molecule is Cc1csc(CCNC(=O)N2CCCC(CC(=O)O)C2)n1. The van der Waals surface area contributed by atoms with Crippen molar-refractivity contribution in [2.45, 2.75) is 32.6 Å². The summed E-state index contributed by atoms with van der Waals surface area (Å²) in [7, 11) is 0. The second kappa shape index (κ2) is 7.40. The minimum Gasteiger partial charge on any atom is -0.481 e. The molecule has 2 heterocycles. The van der Waals surface area contributed by atoms with Crippen LogP contribution in [-0.4, -0.2) is 46.6 Å². The molecule has 1 aromatic rings. The summed E-state index contributed by atoms with van der Waals surface area (Å²) in [6.07, 6.45) is 2.63. The molecule has 0 saturated carbocycles. The van der Waals surface area contributed by atoms with Crippen LogP contribution in [0.1, 0.15) is 30.0 Å². The third-order valence-electron chi connectivity index (χ3n) is 3.55. The number of carboxylic acid groups (broad SMARTS) is 1. The van der Waals surface area contributed by atoms with Gasteiger partial charge in [-0.3, -0.25) is 4.79 Å². The van der Waals surface area contributed by atoms with Crippen molar-refractivity contribution in [1.29, 1.82) is 0 Å². The number of aromatic nitrogens is 1. The standard InChI is InChI=1S/C14H21N3O3S/c1-10-9-21-12(16-10)4-5-15-14(20)17-6-2-3-11(8-17)7-13(18)19/h9,11H,2-8H2,1H3,(H,15,20)(H,18,19). The number of urea groups is 1. The van der Waals surface area contributed by atoms with Crippen LogP contribution in [0.5, 0.6) is 0 Å². The fraction of sp³-hybridized carbons (Fsp3) is 0.643. The molecule has 7 heteroatoms. The van der Waals surface area contributed by atoms with Crippen LogP contribution in [0, 0.1) is 12.8 Å². The number of nitrogens with zero attached hydrogens (tertiary/aromatic N) is 2. The van der Waals surface area contributed by atoms with Crippen molar-refractivity contribution < 1.29 is 14.7 Å². The molecule has 0 aromatic carbocycles. The predicted molar refractivity (Wildman–Crippen MR) is 80.5 cm³/mol. The van der Waals surface area contributed by atoms with E-state index in [4.69, 9.17) is 5.11 Å². The molecule has 2 amide bonds. The summed E-state index contributed by atoms with van der Waals surface area (Å²) in [5.41, 5.74) is 1.01. The van der Waals surface area contributed by atoms with Crippen molar-refractivity contribution in [3.05, 3.63) is 16.1 Å². The Hall–Kier alpha value is -1.63. The fourth-order valence-electron chi connectivity index (χ4n) is 2.57. The van der Waals surface area contributed by atoms with E-state index in [1.165, 1.54) is 0 Å². The van der Waals surface area contributed by atoms with Crippen molar-refractivity contribution in [1.82, 2.24) is 15.2 Å². The minimum absolute atomic E-state index is 0.0728. The summed E-state index contributed by atoms with van der Waals surface area (Å²) in [5.74, 6) is -0.718. The first-order chi connectivity index (χ1) is 10.0. The molecule has 1 aromatic heterocycles. The van der Waals surface area contributed by atoms with Crippen molar-refractivity contribution in [2.75, 3.05) is 19.6 Å². The molecule has 1 aliphatic heterocycles. The van der Waals surface area contributed by atoms with Gasteiger partial charge in [-0.15, -0.1) is 11.3 Å². The van der Waals surface area contributed by atoms with Gasteiger partial charge in [0.2, 0.25) is 0 Å². The highest BCUT2D eigenvalue weighted by Crippen LogP contribution is 2.19. The number of carbonyl (C=O) groups is 2. The number of thiazole rings is 1. The van der Waals surface area contributed by atoms with E-state index in [2.05, 4.69) is 10.3 Å². The van der Waals surface area contributed by atoms with E-state index in [0.717, 1.165) is 30.0 Å². The Bertz CT molecular complexity index is 503. The molecule has 0 spiro atoms. The average molecular weight is 311 g/mol. The lowest BCUT2D eigenvalue weighted by Gasteiger charge is -2.32. The summed E-state index contributed by atoms with van der Waals surface area (Å²) >= 11 is 1.60. The zero-order chi connectivity index (χ0) is 15.2. The third kappa shape index (κ3) is 5.00. The molecule has 1 fully saturated rings. The number of aliphatic carboxylic acids is 1. The zero-order valence-corrected chi connectivity index (χ0v) is 13.0. The maximum absolute atomic E-state index is 12.1. The van der Waals surface area contributed by atoms with Crippen LogP contribution in [0.2, 0.25) is 0 Å². The second-order valence-electron chi connectivity index (χ2n) is 5.42. The molecule has 0 bridgehead atoms. The Morgan fingerprint density at radius 1 is 1.57 bits per heavy atom. The van der Waals surface area contributed by atoms with Gasteiger partial charge in [-0.25, -0.2) is 9.78 Å². The molecule has 0 radical (unpaired) electrons. The van der Waals surface area contributed by atoms with Crippen LogP contribution in [0.15, 0.2) is 5.38 Å². The molecule has 0 aliphatic carbocycles. The van der Waals surface area contributed by atoms with Crippen molar-refractivity contribution in [3.63, 3.8) is 0 Å². The molecule has 116 valence electrons. The first kappa shape index (κ1) is 15.8.